The van der Waals surface area contributed by atoms with Crippen molar-refractivity contribution in [3.05, 3.63) is 29.3 Å². The van der Waals surface area contributed by atoms with E-state index in [1.54, 1.807) is 11.3 Å². The number of carbonyl (C=O) groups excluding carboxylic acids is 1. The van der Waals surface area contributed by atoms with E-state index < -0.39 is 5.54 Å². The second-order valence-corrected chi connectivity index (χ2v) is 8.85. The number of amides is 1. The maximum absolute atomic E-state index is 12.7. The predicted molar refractivity (Wildman–Crippen MR) is 102 cm³/mol. The standard InChI is InChI=1S/C20H24N4OS/c1-20(13-21,14-9-10-14)23-18(25)12-24-11-5-4-7-16(24)19-22-15-6-2-3-8-17(15)26-19/h2-3,6,8,14,16H,4-5,7,9-12H2,1H3,(H,23,25)/p+1/t16-,20-/m1/s1. The molecule has 26 heavy (non-hydrogen) atoms. The fraction of sp³-hybridized carbons (Fsp3) is 0.550. The van der Waals surface area contributed by atoms with Crippen LogP contribution in [0.2, 0.25) is 0 Å². The molecule has 136 valence electrons. The van der Waals surface area contributed by atoms with Gasteiger partial charge in [0.05, 0.1) is 22.8 Å². The van der Waals surface area contributed by atoms with Crippen LogP contribution in [0.5, 0.6) is 0 Å². The molecule has 1 saturated heterocycles. The van der Waals surface area contributed by atoms with Crippen molar-refractivity contribution < 1.29 is 9.69 Å². The van der Waals surface area contributed by atoms with Gasteiger partial charge in [0.2, 0.25) is 0 Å². The van der Waals surface area contributed by atoms with Crippen LogP contribution in [0.4, 0.5) is 0 Å². The minimum Gasteiger partial charge on any atom is -0.333 e. The molecular weight excluding hydrogens is 344 g/mol. The first-order valence-corrected chi connectivity index (χ1v) is 10.3. The van der Waals surface area contributed by atoms with Crippen LogP contribution in [0.1, 0.15) is 50.1 Å². The Hall–Kier alpha value is -1.97. The molecule has 3 atom stereocenters. The van der Waals surface area contributed by atoms with Gasteiger partial charge >= 0.3 is 0 Å². The maximum Gasteiger partial charge on any atom is 0.276 e. The van der Waals surface area contributed by atoms with Crippen molar-refractivity contribution in [1.82, 2.24) is 10.3 Å². The highest BCUT2D eigenvalue weighted by Crippen LogP contribution is 2.39. The summed E-state index contributed by atoms with van der Waals surface area (Å²) in [6, 6.07) is 10.8. The lowest BCUT2D eigenvalue weighted by molar-refractivity contribution is -0.929. The molecule has 1 amide bonds. The average Bonchev–Trinajstić information content (AvgIpc) is 3.42. The summed E-state index contributed by atoms with van der Waals surface area (Å²) < 4.78 is 1.21. The molecule has 5 nitrogen and oxygen atoms in total. The van der Waals surface area contributed by atoms with Gasteiger partial charge < -0.3 is 10.2 Å². The van der Waals surface area contributed by atoms with Gasteiger partial charge in [0, 0.05) is 6.42 Å². The van der Waals surface area contributed by atoms with E-state index in [4.69, 9.17) is 4.98 Å². The van der Waals surface area contributed by atoms with Gasteiger partial charge in [-0.3, -0.25) is 4.79 Å². The highest BCUT2D eigenvalue weighted by atomic mass is 32.1. The summed E-state index contributed by atoms with van der Waals surface area (Å²) in [4.78, 5) is 18.8. The Bertz CT molecular complexity index is 820. The lowest BCUT2D eigenvalue weighted by atomic mass is 9.97. The van der Waals surface area contributed by atoms with Gasteiger partial charge in [-0.1, -0.05) is 12.1 Å². The number of nitrogens with one attached hydrogen (secondary N) is 2. The Morgan fingerprint density at radius 2 is 2.19 bits per heavy atom. The van der Waals surface area contributed by atoms with E-state index in [1.807, 2.05) is 19.1 Å². The summed E-state index contributed by atoms with van der Waals surface area (Å²) in [5.41, 5.74) is 0.338. The van der Waals surface area contributed by atoms with Crippen molar-refractivity contribution in [2.75, 3.05) is 13.1 Å². The van der Waals surface area contributed by atoms with Gasteiger partial charge in [0.25, 0.3) is 5.91 Å². The van der Waals surface area contributed by atoms with Crippen LogP contribution in [0.15, 0.2) is 24.3 Å². The number of nitriles is 1. The van der Waals surface area contributed by atoms with Crippen molar-refractivity contribution >= 4 is 27.5 Å². The molecule has 2 N–H and O–H groups in total. The number of nitrogens with zero attached hydrogens (tertiary/aromatic N) is 2. The van der Waals surface area contributed by atoms with Crippen molar-refractivity contribution in [2.24, 2.45) is 5.92 Å². The van der Waals surface area contributed by atoms with Gasteiger partial charge in [-0.25, -0.2) is 4.98 Å². The normalized spacial score (nSPS) is 25.4. The third kappa shape index (κ3) is 3.46. The van der Waals surface area contributed by atoms with E-state index in [-0.39, 0.29) is 11.9 Å². The number of carbonyl (C=O) groups is 1. The molecular formula is C20H25N4OS+. The van der Waals surface area contributed by atoms with Crippen molar-refractivity contribution in [2.45, 2.75) is 50.6 Å². The lowest BCUT2D eigenvalue weighted by Gasteiger charge is -2.32. The predicted octanol–water partition coefficient (Wildman–Crippen LogP) is 2.21. The SMILES string of the molecule is C[C@](C#N)(NC(=O)C[NH+]1CCCC[C@@H]1c1nc2ccccc2s1)C1CC1. The molecule has 1 aliphatic heterocycles. The zero-order valence-electron chi connectivity index (χ0n) is 15.1. The van der Waals surface area contributed by atoms with Gasteiger partial charge in [-0.15, -0.1) is 11.3 Å². The second-order valence-electron chi connectivity index (χ2n) is 7.79. The number of fused-ring (bicyclic) bond motifs is 1. The quantitative estimate of drug-likeness (QED) is 0.849. The van der Waals surface area contributed by atoms with Gasteiger partial charge in [-0.2, -0.15) is 5.26 Å². The Morgan fingerprint density at radius 1 is 1.38 bits per heavy atom. The number of hydrogen-bond donors (Lipinski definition) is 2. The van der Waals surface area contributed by atoms with Gasteiger partial charge in [0.15, 0.2) is 11.6 Å². The molecule has 1 aromatic heterocycles. The number of quaternary nitrogens is 1. The van der Waals surface area contributed by atoms with Crippen LogP contribution in [0, 0.1) is 17.2 Å². The molecule has 2 aromatic rings. The molecule has 1 aromatic carbocycles. The molecule has 0 spiro atoms. The largest absolute Gasteiger partial charge is 0.333 e. The monoisotopic (exact) mass is 369 g/mol. The summed E-state index contributed by atoms with van der Waals surface area (Å²) in [6.07, 6.45) is 5.47. The number of para-hydroxylation sites is 1. The minimum atomic E-state index is -0.711. The molecule has 2 fully saturated rings. The minimum absolute atomic E-state index is 0.0102. The number of hydrogen-bond acceptors (Lipinski definition) is 4. The van der Waals surface area contributed by atoms with E-state index in [2.05, 4.69) is 23.5 Å². The van der Waals surface area contributed by atoms with Crippen LogP contribution >= 0.6 is 11.3 Å². The molecule has 0 radical (unpaired) electrons. The third-order valence-electron chi connectivity index (χ3n) is 5.75. The third-order valence-corrected chi connectivity index (χ3v) is 6.90. The van der Waals surface area contributed by atoms with Crippen LogP contribution < -0.4 is 10.2 Å². The fourth-order valence-corrected chi connectivity index (χ4v) is 5.21. The topological polar surface area (TPSA) is 70.2 Å². The zero-order valence-corrected chi connectivity index (χ0v) is 15.9. The molecule has 1 saturated carbocycles. The summed E-state index contributed by atoms with van der Waals surface area (Å²) >= 11 is 1.75. The molecule has 2 heterocycles. The fourth-order valence-electron chi connectivity index (χ4n) is 4.05. The van der Waals surface area contributed by atoms with Crippen molar-refractivity contribution in [3.8, 4) is 6.07 Å². The molecule has 1 aliphatic carbocycles. The van der Waals surface area contributed by atoms with Crippen LogP contribution in [-0.2, 0) is 4.79 Å². The highest BCUT2D eigenvalue weighted by Gasteiger charge is 2.44. The molecule has 6 heteroatoms. The first-order chi connectivity index (χ1) is 12.6. The van der Waals surface area contributed by atoms with E-state index in [0.29, 0.717) is 12.5 Å². The first kappa shape index (κ1) is 17.4. The number of thiazole rings is 1. The van der Waals surface area contributed by atoms with Crippen LogP contribution in [-0.4, -0.2) is 29.5 Å². The Kier molecular flexibility index (Phi) is 4.68. The van der Waals surface area contributed by atoms with Gasteiger partial charge in [-0.05, 0) is 50.7 Å². The number of likely N-dealkylation sites (tertiary alicyclic amines) is 1. The van der Waals surface area contributed by atoms with E-state index in [0.717, 1.165) is 42.8 Å². The van der Waals surface area contributed by atoms with Crippen LogP contribution in [0.25, 0.3) is 10.2 Å². The van der Waals surface area contributed by atoms with E-state index in [1.165, 1.54) is 16.0 Å². The summed E-state index contributed by atoms with van der Waals surface area (Å²) in [5.74, 6) is 0.303. The average molecular weight is 370 g/mol. The summed E-state index contributed by atoms with van der Waals surface area (Å²) in [5, 5.41) is 13.6. The number of aromatic nitrogens is 1. The summed E-state index contributed by atoms with van der Waals surface area (Å²) in [7, 11) is 0. The number of benzene rings is 1. The van der Waals surface area contributed by atoms with Crippen molar-refractivity contribution in [1.29, 1.82) is 5.26 Å². The van der Waals surface area contributed by atoms with Crippen molar-refractivity contribution in [3.63, 3.8) is 0 Å². The Labute approximate surface area is 158 Å². The van der Waals surface area contributed by atoms with E-state index >= 15 is 0 Å². The molecule has 4 rings (SSSR count). The zero-order chi connectivity index (χ0) is 18.1. The molecule has 0 bridgehead atoms. The lowest BCUT2D eigenvalue weighted by Crippen LogP contribution is -3.14. The summed E-state index contributed by atoms with van der Waals surface area (Å²) in [6.45, 7) is 3.27. The first-order valence-electron chi connectivity index (χ1n) is 9.51. The van der Waals surface area contributed by atoms with Gasteiger partial charge in [0.1, 0.15) is 11.6 Å². The molecule has 2 aliphatic rings. The second kappa shape index (κ2) is 6.98. The smallest absolute Gasteiger partial charge is 0.276 e. The highest BCUT2D eigenvalue weighted by molar-refractivity contribution is 7.18. The maximum atomic E-state index is 12.7. The Morgan fingerprint density at radius 3 is 2.92 bits per heavy atom. The number of piperidine rings is 1. The molecule has 1 unspecified atom stereocenters. The van der Waals surface area contributed by atoms with Crippen LogP contribution in [0.3, 0.4) is 0 Å². The number of rotatable bonds is 5. The van der Waals surface area contributed by atoms with E-state index in [9.17, 15) is 10.1 Å². The Balaban J connectivity index is 1.48.